The van der Waals surface area contributed by atoms with Gasteiger partial charge in [-0.1, -0.05) is 0 Å². The van der Waals surface area contributed by atoms with Crippen molar-refractivity contribution < 1.29 is 9.53 Å². The summed E-state index contributed by atoms with van der Waals surface area (Å²) in [4.78, 5) is 33.9. The molecule has 0 bridgehead atoms. The predicted octanol–water partition coefficient (Wildman–Crippen LogP) is 2.24. The van der Waals surface area contributed by atoms with Crippen LogP contribution in [0.1, 0.15) is 17.3 Å². The normalized spacial score (nSPS) is 16.3. The third kappa shape index (κ3) is 4.29. The van der Waals surface area contributed by atoms with E-state index in [1.807, 2.05) is 24.5 Å². The summed E-state index contributed by atoms with van der Waals surface area (Å²) in [6.45, 7) is 4.72. The molecule has 1 aliphatic rings. The van der Waals surface area contributed by atoms with Gasteiger partial charge in [0.2, 0.25) is 11.8 Å². The lowest BCUT2D eigenvalue weighted by molar-refractivity contribution is 0.102. The summed E-state index contributed by atoms with van der Waals surface area (Å²) in [7, 11) is 1.53. The van der Waals surface area contributed by atoms with E-state index in [0.717, 1.165) is 19.6 Å². The third-order valence-electron chi connectivity index (χ3n) is 5.02. The van der Waals surface area contributed by atoms with Gasteiger partial charge in [-0.05, 0) is 25.1 Å². The van der Waals surface area contributed by atoms with Gasteiger partial charge in [0, 0.05) is 56.0 Å². The number of anilines is 3. The molecule has 4 heterocycles. The maximum absolute atomic E-state index is 12.4. The van der Waals surface area contributed by atoms with Crippen LogP contribution in [0.2, 0.25) is 0 Å². The van der Waals surface area contributed by atoms with Gasteiger partial charge >= 0.3 is 0 Å². The minimum Gasteiger partial charge on any atom is -0.481 e. The smallest absolute Gasteiger partial charge is 0.257 e. The average molecular weight is 405 g/mol. The lowest BCUT2D eigenvalue weighted by Gasteiger charge is -2.40. The highest BCUT2D eigenvalue weighted by Gasteiger charge is 2.25. The predicted molar refractivity (Wildman–Crippen MR) is 114 cm³/mol. The lowest BCUT2D eigenvalue weighted by atomic mass is 10.2. The van der Waals surface area contributed by atoms with Crippen LogP contribution in [-0.4, -0.2) is 58.6 Å². The van der Waals surface area contributed by atoms with Gasteiger partial charge < -0.3 is 19.9 Å². The number of methoxy groups -OCH3 is 1. The van der Waals surface area contributed by atoms with Crippen molar-refractivity contribution in [3.05, 3.63) is 60.8 Å². The summed E-state index contributed by atoms with van der Waals surface area (Å²) in [5, 5.41) is 2.79. The summed E-state index contributed by atoms with van der Waals surface area (Å²) < 4.78 is 5.01. The van der Waals surface area contributed by atoms with Gasteiger partial charge in [0.15, 0.2) is 0 Å². The number of hydrogen-bond acceptors (Lipinski definition) is 8. The van der Waals surface area contributed by atoms with E-state index in [1.165, 1.54) is 19.0 Å². The Morgan fingerprint density at radius 3 is 2.47 bits per heavy atom. The molecule has 1 aliphatic heterocycles. The first-order valence-electron chi connectivity index (χ1n) is 9.69. The molecule has 154 valence electrons. The van der Waals surface area contributed by atoms with E-state index in [0.29, 0.717) is 23.1 Å². The highest BCUT2D eigenvalue weighted by molar-refractivity contribution is 6.03. The fourth-order valence-electron chi connectivity index (χ4n) is 3.42. The third-order valence-corrected chi connectivity index (χ3v) is 5.02. The van der Waals surface area contributed by atoms with Gasteiger partial charge in [-0.3, -0.25) is 9.78 Å². The van der Waals surface area contributed by atoms with Crippen molar-refractivity contribution in [3.8, 4) is 5.88 Å². The Bertz CT molecular complexity index is 981. The Morgan fingerprint density at radius 2 is 1.83 bits per heavy atom. The first kappa shape index (κ1) is 19.6. The zero-order chi connectivity index (χ0) is 20.9. The maximum Gasteiger partial charge on any atom is 0.257 e. The summed E-state index contributed by atoms with van der Waals surface area (Å²) in [6, 6.07) is 7.59. The number of amides is 1. The van der Waals surface area contributed by atoms with Crippen molar-refractivity contribution in [2.75, 3.05) is 41.9 Å². The molecule has 0 saturated carbocycles. The minimum absolute atomic E-state index is 0.248. The standard InChI is InChI=1S/C21H23N7O2/c1-15-14-27(18-5-7-22-8-6-18)9-10-28(15)21-24-12-17(13-25-21)26-20(29)16-3-4-19(30-2)23-11-16/h3-8,11-13,15H,9-10,14H2,1-2H3,(H,26,29)/t15-/m0/s1. The van der Waals surface area contributed by atoms with Crippen LogP contribution in [0.3, 0.4) is 0 Å². The first-order valence-corrected chi connectivity index (χ1v) is 9.69. The fraction of sp³-hybridized carbons (Fsp3) is 0.286. The van der Waals surface area contributed by atoms with Gasteiger partial charge in [0.1, 0.15) is 0 Å². The van der Waals surface area contributed by atoms with Crippen LogP contribution < -0.4 is 19.9 Å². The highest BCUT2D eigenvalue weighted by Crippen LogP contribution is 2.21. The van der Waals surface area contributed by atoms with Gasteiger partial charge in [-0.25, -0.2) is 15.0 Å². The number of aromatic nitrogens is 4. The van der Waals surface area contributed by atoms with E-state index in [1.54, 1.807) is 24.5 Å². The van der Waals surface area contributed by atoms with Crippen molar-refractivity contribution in [2.45, 2.75) is 13.0 Å². The largest absolute Gasteiger partial charge is 0.481 e. The molecule has 30 heavy (non-hydrogen) atoms. The van der Waals surface area contributed by atoms with Crippen LogP contribution >= 0.6 is 0 Å². The second kappa shape index (κ2) is 8.73. The van der Waals surface area contributed by atoms with Crippen LogP contribution in [0.5, 0.6) is 5.88 Å². The van der Waals surface area contributed by atoms with Crippen molar-refractivity contribution in [2.24, 2.45) is 0 Å². The average Bonchev–Trinajstić information content (AvgIpc) is 2.80. The molecular formula is C21H23N7O2. The number of carbonyl (C=O) groups is 1. The summed E-state index contributed by atoms with van der Waals surface area (Å²) in [5.41, 5.74) is 2.13. The molecule has 4 rings (SSSR count). The fourth-order valence-corrected chi connectivity index (χ4v) is 3.42. The quantitative estimate of drug-likeness (QED) is 0.690. The van der Waals surface area contributed by atoms with Crippen molar-refractivity contribution in [1.29, 1.82) is 0 Å². The molecule has 0 spiro atoms. The van der Waals surface area contributed by atoms with Gasteiger partial charge in [0.25, 0.3) is 5.91 Å². The van der Waals surface area contributed by atoms with E-state index < -0.39 is 0 Å². The number of nitrogens with zero attached hydrogens (tertiary/aromatic N) is 6. The van der Waals surface area contributed by atoms with E-state index in [-0.39, 0.29) is 11.9 Å². The van der Waals surface area contributed by atoms with Crippen molar-refractivity contribution in [3.63, 3.8) is 0 Å². The van der Waals surface area contributed by atoms with Crippen LogP contribution in [-0.2, 0) is 0 Å². The van der Waals surface area contributed by atoms with E-state index in [4.69, 9.17) is 4.74 Å². The molecule has 1 atom stereocenters. The number of pyridine rings is 2. The van der Waals surface area contributed by atoms with Crippen LogP contribution in [0.4, 0.5) is 17.3 Å². The molecule has 0 aliphatic carbocycles. The topological polar surface area (TPSA) is 96.4 Å². The van der Waals surface area contributed by atoms with Gasteiger partial charge in [-0.2, -0.15) is 0 Å². The molecule has 0 radical (unpaired) electrons. The number of piperazine rings is 1. The Hall–Kier alpha value is -3.75. The molecule has 1 amide bonds. The molecular weight excluding hydrogens is 382 g/mol. The monoisotopic (exact) mass is 405 g/mol. The molecule has 9 nitrogen and oxygen atoms in total. The SMILES string of the molecule is COc1ccc(C(=O)Nc2cnc(N3CCN(c4ccncc4)C[C@@H]3C)nc2)cn1. The number of carbonyl (C=O) groups excluding carboxylic acids is 1. The van der Waals surface area contributed by atoms with Gasteiger partial charge in [-0.15, -0.1) is 0 Å². The van der Waals surface area contributed by atoms with E-state index in [2.05, 4.69) is 42.0 Å². The maximum atomic E-state index is 12.4. The Kier molecular flexibility index (Phi) is 5.69. The van der Waals surface area contributed by atoms with Crippen LogP contribution in [0, 0.1) is 0 Å². The molecule has 1 saturated heterocycles. The second-order valence-corrected chi connectivity index (χ2v) is 7.01. The van der Waals surface area contributed by atoms with E-state index in [9.17, 15) is 4.79 Å². The Morgan fingerprint density at radius 1 is 1.07 bits per heavy atom. The molecule has 0 unspecified atom stereocenters. The minimum atomic E-state index is -0.277. The molecule has 9 heteroatoms. The van der Waals surface area contributed by atoms with E-state index >= 15 is 0 Å². The lowest BCUT2D eigenvalue weighted by Crippen LogP contribution is -2.52. The summed E-state index contributed by atoms with van der Waals surface area (Å²) in [5.74, 6) is 0.833. The highest BCUT2D eigenvalue weighted by atomic mass is 16.5. The Labute approximate surface area is 174 Å². The van der Waals surface area contributed by atoms with Crippen LogP contribution in [0.25, 0.3) is 0 Å². The second-order valence-electron chi connectivity index (χ2n) is 7.01. The number of rotatable bonds is 5. The van der Waals surface area contributed by atoms with Gasteiger partial charge in [0.05, 0.1) is 30.8 Å². The first-order chi connectivity index (χ1) is 14.6. The van der Waals surface area contributed by atoms with Crippen LogP contribution in [0.15, 0.2) is 55.2 Å². The summed E-state index contributed by atoms with van der Waals surface area (Å²) in [6.07, 6.45) is 8.33. The summed E-state index contributed by atoms with van der Waals surface area (Å²) >= 11 is 0. The Balaban J connectivity index is 1.38. The molecule has 1 N–H and O–H groups in total. The number of ether oxygens (including phenoxy) is 1. The molecule has 1 fully saturated rings. The zero-order valence-electron chi connectivity index (χ0n) is 16.9. The molecule has 0 aromatic carbocycles. The number of hydrogen-bond donors (Lipinski definition) is 1. The van der Waals surface area contributed by atoms with Crippen molar-refractivity contribution >= 4 is 23.2 Å². The number of nitrogens with one attached hydrogen (secondary N) is 1. The van der Waals surface area contributed by atoms with Crippen molar-refractivity contribution in [1.82, 2.24) is 19.9 Å². The molecule has 3 aromatic rings. The zero-order valence-corrected chi connectivity index (χ0v) is 16.9. The molecule has 3 aromatic heterocycles.